The summed E-state index contributed by atoms with van der Waals surface area (Å²) in [5.74, 6) is 1.45. The Morgan fingerprint density at radius 2 is 2.26 bits per heavy atom. The van der Waals surface area contributed by atoms with Crippen LogP contribution in [0, 0.1) is 0 Å². The standard InChI is InChI=1S/C13H20ClN3O2/c1-4-18-8-11-15-10(14)7-12(16-11)17-5-6-19-9-13(17,2)3/h7H,4-6,8-9H2,1-3H3. The van der Waals surface area contributed by atoms with Gasteiger partial charge in [0.1, 0.15) is 17.6 Å². The predicted molar refractivity (Wildman–Crippen MR) is 74.6 cm³/mol. The molecule has 0 bridgehead atoms. The first-order valence-corrected chi connectivity index (χ1v) is 6.87. The number of aromatic nitrogens is 2. The number of anilines is 1. The lowest BCUT2D eigenvalue weighted by atomic mass is 10.0. The maximum Gasteiger partial charge on any atom is 0.158 e. The minimum absolute atomic E-state index is 0.0984. The molecule has 1 aromatic rings. The van der Waals surface area contributed by atoms with Gasteiger partial charge in [0.05, 0.1) is 18.8 Å². The Labute approximate surface area is 118 Å². The molecule has 2 heterocycles. The van der Waals surface area contributed by atoms with Crippen LogP contribution in [0.15, 0.2) is 6.07 Å². The lowest BCUT2D eigenvalue weighted by Gasteiger charge is -2.43. The topological polar surface area (TPSA) is 47.5 Å². The summed E-state index contributed by atoms with van der Waals surface area (Å²) < 4.78 is 10.9. The van der Waals surface area contributed by atoms with Crippen molar-refractivity contribution in [3.63, 3.8) is 0 Å². The summed E-state index contributed by atoms with van der Waals surface area (Å²) in [6.07, 6.45) is 0. The van der Waals surface area contributed by atoms with Crippen LogP contribution in [0.3, 0.4) is 0 Å². The van der Waals surface area contributed by atoms with Gasteiger partial charge in [0.15, 0.2) is 5.82 Å². The lowest BCUT2D eigenvalue weighted by molar-refractivity contribution is 0.0637. The number of hydrogen-bond donors (Lipinski definition) is 0. The number of halogens is 1. The van der Waals surface area contributed by atoms with Crippen molar-refractivity contribution >= 4 is 17.4 Å². The van der Waals surface area contributed by atoms with E-state index < -0.39 is 0 Å². The molecule has 1 aliphatic heterocycles. The molecule has 0 N–H and O–H groups in total. The predicted octanol–water partition coefficient (Wildman–Crippen LogP) is 2.28. The Hall–Kier alpha value is -0.910. The largest absolute Gasteiger partial charge is 0.377 e. The third-order valence-corrected chi connectivity index (χ3v) is 3.28. The fourth-order valence-electron chi connectivity index (χ4n) is 2.13. The number of rotatable bonds is 4. The van der Waals surface area contributed by atoms with Gasteiger partial charge in [0, 0.05) is 19.2 Å². The van der Waals surface area contributed by atoms with Crippen molar-refractivity contribution in [3.05, 3.63) is 17.0 Å². The molecule has 2 rings (SSSR count). The Morgan fingerprint density at radius 1 is 1.47 bits per heavy atom. The van der Waals surface area contributed by atoms with Crippen LogP contribution in [0.2, 0.25) is 5.15 Å². The van der Waals surface area contributed by atoms with Gasteiger partial charge in [-0.3, -0.25) is 0 Å². The van der Waals surface area contributed by atoms with Gasteiger partial charge in [-0.1, -0.05) is 11.6 Å². The third-order valence-electron chi connectivity index (χ3n) is 3.08. The molecule has 1 fully saturated rings. The van der Waals surface area contributed by atoms with Gasteiger partial charge in [-0.15, -0.1) is 0 Å². The van der Waals surface area contributed by atoms with Gasteiger partial charge in [0.2, 0.25) is 0 Å². The molecule has 1 aliphatic rings. The summed E-state index contributed by atoms with van der Waals surface area (Å²) in [6, 6.07) is 1.80. The van der Waals surface area contributed by atoms with Gasteiger partial charge < -0.3 is 14.4 Å². The second kappa shape index (κ2) is 6.03. The molecule has 106 valence electrons. The second-order valence-corrected chi connectivity index (χ2v) is 5.51. The van der Waals surface area contributed by atoms with Crippen LogP contribution in [-0.2, 0) is 16.1 Å². The van der Waals surface area contributed by atoms with Crippen LogP contribution in [0.1, 0.15) is 26.6 Å². The lowest BCUT2D eigenvalue weighted by Crippen LogP contribution is -2.53. The molecule has 0 unspecified atom stereocenters. The summed E-state index contributed by atoms with van der Waals surface area (Å²) >= 11 is 6.08. The van der Waals surface area contributed by atoms with Crippen molar-refractivity contribution in [1.82, 2.24) is 9.97 Å². The van der Waals surface area contributed by atoms with E-state index in [0.717, 1.165) is 12.4 Å². The fourth-order valence-corrected chi connectivity index (χ4v) is 2.33. The van der Waals surface area contributed by atoms with E-state index in [1.807, 2.05) is 6.92 Å². The Morgan fingerprint density at radius 3 is 2.95 bits per heavy atom. The summed E-state index contributed by atoms with van der Waals surface area (Å²) in [7, 11) is 0. The summed E-state index contributed by atoms with van der Waals surface area (Å²) in [6.45, 7) is 9.39. The van der Waals surface area contributed by atoms with E-state index >= 15 is 0 Å². The molecule has 0 aliphatic carbocycles. The van der Waals surface area contributed by atoms with E-state index in [0.29, 0.717) is 37.4 Å². The average molecular weight is 286 g/mol. The van der Waals surface area contributed by atoms with Crippen LogP contribution in [-0.4, -0.2) is 41.9 Å². The maximum atomic E-state index is 6.08. The normalized spacial score (nSPS) is 18.6. The first-order valence-electron chi connectivity index (χ1n) is 6.49. The maximum absolute atomic E-state index is 6.08. The molecule has 6 heteroatoms. The first-order chi connectivity index (χ1) is 9.03. The Kier molecular flexibility index (Phi) is 4.60. The van der Waals surface area contributed by atoms with E-state index in [2.05, 4.69) is 28.7 Å². The van der Waals surface area contributed by atoms with Crippen molar-refractivity contribution < 1.29 is 9.47 Å². The summed E-state index contributed by atoms with van der Waals surface area (Å²) in [4.78, 5) is 10.9. The van der Waals surface area contributed by atoms with E-state index in [4.69, 9.17) is 21.1 Å². The van der Waals surface area contributed by atoms with Crippen molar-refractivity contribution in [1.29, 1.82) is 0 Å². The highest BCUT2D eigenvalue weighted by Crippen LogP contribution is 2.26. The minimum atomic E-state index is -0.0984. The number of ether oxygens (including phenoxy) is 2. The van der Waals surface area contributed by atoms with E-state index in [1.165, 1.54) is 0 Å². The number of nitrogens with zero attached hydrogens (tertiary/aromatic N) is 3. The van der Waals surface area contributed by atoms with E-state index in [1.54, 1.807) is 6.07 Å². The van der Waals surface area contributed by atoms with Gasteiger partial charge in [-0.2, -0.15) is 0 Å². The molecule has 19 heavy (non-hydrogen) atoms. The van der Waals surface area contributed by atoms with Gasteiger partial charge in [0.25, 0.3) is 0 Å². The molecule has 0 aromatic carbocycles. The molecule has 1 aromatic heterocycles. The molecule has 5 nitrogen and oxygen atoms in total. The van der Waals surface area contributed by atoms with Gasteiger partial charge in [-0.25, -0.2) is 9.97 Å². The van der Waals surface area contributed by atoms with E-state index in [-0.39, 0.29) is 5.54 Å². The molecular formula is C13H20ClN3O2. The third kappa shape index (κ3) is 3.55. The fraction of sp³-hybridized carbons (Fsp3) is 0.692. The van der Waals surface area contributed by atoms with E-state index in [9.17, 15) is 0 Å². The molecule has 0 saturated carbocycles. The highest BCUT2D eigenvalue weighted by molar-refractivity contribution is 6.29. The highest BCUT2D eigenvalue weighted by Gasteiger charge is 2.31. The van der Waals surface area contributed by atoms with Crippen LogP contribution < -0.4 is 4.90 Å². The Bertz CT molecular complexity index is 440. The molecule has 1 saturated heterocycles. The van der Waals surface area contributed by atoms with Crippen molar-refractivity contribution in [2.75, 3.05) is 31.3 Å². The van der Waals surface area contributed by atoms with Gasteiger partial charge >= 0.3 is 0 Å². The molecular weight excluding hydrogens is 266 g/mol. The van der Waals surface area contributed by atoms with Crippen LogP contribution >= 0.6 is 11.6 Å². The molecule has 0 radical (unpaired) electrons. The monoisotopic (exact) mass is 285 g/mol. The average Bonchev–Trinajstić information content (AvgIpc) is 2.35. The molecule has 0 amide bonds. The molecule has 0 spiro atoms. The second-order valence-electron chi connectivity index (χ2n) is 5.12. The summed E-state index contributed by atoms with van der Waals surface area (Å²) in [5, 5.41) is 0.446. The summed E-state index contributed by atoms with van der Waals surface area (Å²) in [5.41, 5.74) is -0.0984. The minimum Gasteiger partial charge on any atom is -0.377 e. The number of morpholine rings is 1. The van der Waals surface area contributed by atoms with Crippen LogP contribution in [0.5, 0.6) is 0 Å². The smallest absolute Gasteiger partial charge is 0.158 e. The van der Waals surface area contributed by atoms with Crippen LogP contribution in [0.25, 0.3) is 0 Å². The zero-order valence-electron chi connectivity index (χ0n) is 11.6. The Balaban J connectivity index is 2.25. The quantitative estimate of drug-likeness (QED) is 0.794. The number of hydrogen-bond acceptors (Lipinski definition) is 5. The SMILES string of the molecule is CCOCc1nc(Cl)cc(N2CCOCC2(C)C)n1. The van der Waals surface area contributed by atoms with Crippen LogP contribution in [0.4, 0.5) is 5.82 Å². The zero-order valence-corrected chi connectivity index (χ0v) is 12.4. The zero-order chi connectivity index (χ0) is 13.9. The molecule has 0 atom stereocenters. The van der Waals surface area contributed by atoms with Crippen molar-refractivity contribution in [2.24, 2.45) is 0 Å². The van der Waals surface area contributed by atoms with Crippen molar-refractivity contribution in [2.45, 2.75) is 32.9 Å². The first kappa shape index (κ1) is 14.5. The van der Waals surface area contributed by atoms with Gasteiger partial charge in [-0.05, 0) is 20.8 Å². The highest BCUT2D eigenvalue weighted by atomic mass is 35.5. The van der Waals surface area contributed by atoms with Crippen molar-refractivity contribution in [3.8, 4) is 0 Å².